The summed E-state index contributed by atoms with van der Waals surface area (Å²) in [6.45, 7) is 4.27. The van der Waals surface area contributed by atoms with Crippen LogP contribution in [0.25, 0.3) is 0 Å². The Kier molecular flexibility index (Phi) is 6.61. The number of hydrogen-bond acceptors (Lipinski definition) is 3. The van der Waals surface area contributed by atoms with Crippen LogP contribution in [0.4, 0.5) is 10.5 Å². The third-order valence-corrected chi connectivity index (χ3v) is 3.23. The van der Waals surface area contributed by atoms with Gasteiger partial charge in [0.2, 0.25) is 0 Å². The summed E-state index contributed by atoms with van der Waals surface area (Å²) >= 11 is 6.02. The summed E-state index contributed by atoms with van der Waals surface area (Å²) < 4.78 is 5.03. The minimum absolute atomic E-state index is 0.177. The monoisotopic (exact) mass is 300 g/mol. The molecule has 0 aliphatic carbocycles. The molecule has 1 unspecified atom stereocenters. The standard InChI is InChI=1S/C14H21ClN2O3/c1-9(2)13(18)6-7-16-14(19)17-12-5-4-10(20-3)8-11(12)15/h4-5,8-9,13,18H,6-7H2,1-3H3,(H2,16,17,19). The highest BCUT2D eigenvalue weighted by Crippen LogP contribution is 2.26. The molecule has 0 aromatic heterocycles. The van der Waals surface area contributed by atoms with Crippen molar-refractivity contribution in [1.82, 2.24) is 5.32 Å². The highest BCUT2D eigenvalue weighted by molar-refractivity contribution is 6.33. The van der Waals surface area contributed by atoms with Gasteiger partial charge in [-0.15, -0.1) is 0 Å². The van der Waals surface area contributed by atoms with Crippen LogP contribution in [0.1, 0.15) is 20.3 Å². The number of methoxy groups -OCH3 is 1. The molecule has 1 aromatic rings. The van der Waals surface area contributed by atoms with Gasteiger partial charge >= 0.3 is 6.03 Å². The van der Waals surface area contributed by atoms with Gasteiger partial charge in [0.1, 0.15) is 5.75 Å². The number of aliphatic hydroxyl groups excluding tert-OH is 1. The summed E-state index contributed by atoms with van der Waals surface area (Å²) in [4.78, 5) is 11.7. The van der Waals surface area contributed by atoms with Crippen molar-refractivity contribution >= 4 is 23.3 Å². The van der Waals surface area contributed by atoms with Gasteiger partial charge in [-0.1, -0.05) is 25.4 Å². The highest BCUT2D eigenvalue weighted by atomic mass is 35.5. The molecule has 112 valence electrons. The Morgan fingerprint density at radius 3 is 2.70 bits per heavy atom. The molecule has 6 heteroatoms. The van der Waals surface area contributed by atoms with E-state index in [2.05, 4.69) is 10.6 Å². The molecule has 0 aliphatic rings. The number of urea groups is 1. The van der Waals surface area contributed by atoms with Crippen LogP contribution in [0.5, 0.6) is 5.75 Å². The molecule has 0 radical (unpaired) electrons. The second kappa shape index (κ2) is 7.97. The second-order valence-corrected chi connectivity index (χ2v) is 5.23. The molecule has 3 N–H and O–H groups in total. The van der Waals surface area contributed by atoms with E-state index >= 15 is 0 Å². The molecule has 0 heterocycles. The maximum atomic E-state index is 11.7. The van der Waals surface area contributed by atoms with Crippen molar-refractivity contribution in [3.63, 3.8) is 0 Å². The number of nitrogens with one attached hydrogen (secondary N) is 2. The molecule has 0 fully saturated rings. The summed E-state index contributed by atoms with van der Waals surface area (Å²) in [7, 11) is 1.55. The van der Waals surface area contributed by atoms with Crippen molar-refractivity contribution in [2.24, 2.45) is 5.92 Å². The molecule has 2 amide bonds. The normalized spacial score (nSPS) is 12.1. The van der Waals surface area contributed by atoms with Gasteiger partial charge in [0.25, 0.3) is 0 Å². The lowest BCUT2D eigenvalue weighted by Crippen LogP contribution is -2.32. The van der Waals surface area contributed by atoms with Crippen molar-refractivity contribution in [2.45, 2.75) is 26.4 Å². The lowest BCUT2D eigenvalue weighted by molar-refractivity contribution is 0.117. The fourth-order valence-electron chi connectivity index (χ4n) is 1.56. The molecule has 0 saturated heterocycles. The van der Waals surface area contributed by atoms with Crippen LogP contribution < -0.4 is 15.4 Å². The minimum atomic E-state index is -0.417. The van der Waals surface area contributed by atoms with Gasteiger partial charge in [-0.2, -0.15) is 0 Å². The SMILES string of the molecule is COc1ccc(NC(=O)NCCC(O)C(C)C)c(Cl)c1. The van der Waals surface area contributed by atoms with Gasteiger partial charge in [0.05, 0.1) is 23.9 Å². The average molecular weight is 301 g/mol. The van der Waals surface area contributed by atoms with Gasteiger partial charge in [-0.25, -0.2) is 4.79 Å². The predicted octanol–water partition coefficient (Wildman–Crippen LogP) is 2.88. The van der Waals surface area contributed by atoms with E-state index < -0.39 is 6.10 Å². The van der Waals surface area contributed by atoms with E-state index in [4.69, 9.17) is 16.3 Å². The Balaban J connectivity index is 2.43. The topological polar surface area (TPSA) is 70.6 Å². The van der Waals surface area contributed by atoms with Gasteiger partial charge < -0.3 is 20.5 Å². The zero-order valence-corrected chi connectivity index (χ0v) is 12.7. The zero-order chi connectivity index (χ0) is 15.1. The molecule has 1 rings (SSSR count). The van der Waals surface area contributed by atoms with Crippen LogP contribution in [0.15, 0.2) is 18.2 Å². The number of ether oxygens (including phenoxy) is 1. The Morgan fingerprint density at radius 2 is 2.15 bits per heavy atom. The summed E-state index contributed by atoms with van der Waals surface area (Å²) in [5, 5.41) is 15.3. The number of rotatable bonds is 6. The second-order valence-electron chi connectivity index (χ2n) is 4.83. The Hall–Kier alpha value is -1.46. The Morgan fingerprint density at radius 1 is 1.45 bits per heavy atom. The van der Waals surface area contributed by atoms with Gasteiger partial charge in [-0.05, 0) is 24.5 Å². The molecule has 0 bridgehead atoms. The number of aliphatic hydroxyl groups is 1. The Labute approximate surface area is 124 Å². The predicted molar refractivity (Wildman–Crippen MR) is 80.5 cm³/mol. The maximum Gasteiger partial charge on any atom is 0.319 e. The number of halogens is 1. The van der Waals surface area contributed by atoms with Crippen molar-refractivity contribution in [3.8, 4) is 5.75 Å². The van der Waals surface area contributed by atoms with E-state index in [1.165, 1.54) is 0 Å². The quantitative estimate of drug-likeness (QED) is 0.756. The van der Waals surface area contributed by atoms with Crippen molar-refractivity contribution in [2.75, 3.05) is 19.0 Å². The van der Waals surface area contributed by atoms with Crippen LogP contribution in [-0.4, -0.2) is 30.9 Å². The van der Waals surface area contributed by atoms with Crippen LogP contribution in [0.2, 0.25) is 5.02 Å². The number of carbonyl (C=O) groups excluding carboxylic acids is 1. The van der Waals surface area contributed by atoms with E-state index in [9.17, 15) is 9.90 Å². The number of carbonyl (C=O) groups is 1. The highest BCUT2D eigenvalue weighted by Gasteiger charge is 2.10. The zero-order valence-electron chi connectivity index (χ0n) is 11.9. The number of amides is 2. The summed E-state index contributed by atoms with van der Waals surface area (Å²) in [5.41, 5.74) is 0.509. The third-order valence-electron chi connectivity index (χ3n) is 2.92. The fourth-order valence-corrected chi connectivity index (χ4v) is 1.78. The molecule has 1 aromatic carbocycles. The number of anilines is 1. The first kappa shape index (κ1) is 16.6. The van der Waals surface area contributed by atoms with Crippen molar-refractivity contribution in [1.29, 1.82) is 0 Å². The van der Waals surface area contributed by atoms with E-state index in [0.29, 0.717) is 29.4 Å². The molecule has 0 spiro atoms. The van der Waals surface area contributed by atoms with Crippen molar-refractivity contribution < 1.29 is 14.6 Å². The minimum Gasteiger partial charge on any atom is -0.497 e. The average Bonchev–Trinajstić information content (AvgIpc) is 2.40. The van der Waals surface area contributed by atoms with Gasteiger partial charge in [-0.3, -0.25) is 0 Å². The first-order valence-corrected chi connectivity index (χ1v) is 6.88. The number of hydrogen-bond donors (Lipinski definition) is 3. The van der Waals surface area contributed by atoms with Crippen LogP contribution >= 0.6 is 11.6 Å². The molecule has 5 nitrogen and oxygen atoms in total. The maximum absolute atomic E-state index is 11.7. The Bertz CT molecular complexity index is 452. The van der Waals surface area contributed by atoms with Crippen LogP contribution in [0, 0.1) is 5.92 Å². The first-order valence-electron chi connectivity index (χ1n) is 6.50. The molecule has 0 saturated carbocycles. The molecule has 20 heavy (non-hydrogen) atoms. The smallest absolute Gasteiger partial charge is 0.319 e. The summed E-state index contributed by atoms with van der Waals surface area (Å²) in [6.07, 6.45) is 0.0985. The molecule has 1 atom stereocenters. The van der Waals surface area contributed by atoms with E-state index in [0.717, 1.165) is 0 Å². The van der Waals surface area contributed by atoms with Crippen LogP contribution in [0.3, 0.4) is 0 Å². The first-order chi connectivity index (χ1) is 9.43. The third kappa shape index (κ3) is 5.27. The molecular weight excluding hydrogens is 280 g/mol. The fraction of sp³-hybridized carbons (Fsp3) is 0.500. The lowest BCUT2D eigenvalue weighted by Gasteiger charge is -2.15. The van der Waals surface area contributed by atoms with E-state index in [1.54, 1.807) is 25.3 Å². The lowest BCUT2D eigenvalue weighted by atomic mass is 10.0. The van der Waals surface area contributed by atoms with Gasteiger partial charge in [0.15, 0.2) is 0 Å². The number of benzene rings is 1. The summed E-state index contributed by atoms with van der Waals surface area (Å²) in [6, 6.07) is 4.65. The summed E-state index contributed by atoms with van der Waals surface area (Å²) in [5.74, 6) is 0.803. The van der Waals surface area contributed by atoms with E-state index in [-0.39, 0.29) is 11.9 Å². The van der Waals surface area contributed by atoms with E-state index in [1.807, 2.05) is 13.8 Å². The molecule has 0 aliphatic heterocycles. The van der Waals surface area contributed by atoms with Crippen LogP contribution in [-0.2, 0) is 0 Å². The van der Waals surface area contributed by atoms with Crippen molar-refractivity contribution in [3.05, 3.63) is 23.2 Å². The molecular formula is C14H21ClN2O3. The van der Waals surface area contributed by atoms with Gasteiger partial charge in [0, 0.05) is 12.6 Å². The largest absolute Gasteiger partial charge is 0.497 e.